The van der Waals surface area contributed by atoms with Crippen molar-refractivity contribution in [2.75, 3.05) is 13.1 Å². The van der Waals surface area contributed by atoms with Gasteiger partial charge < -0.3 is 4.90 Å². The van der Waals surface area contributed by atoms with Crippen molar-refractivity contribution in [2.45, 2.75) is 51.7 Å². The van der Waals surface area contributed by atoms with Crippen LogP contribution in [0.1, 0.15) is 48.7 Å². The number of piperidine rings is 1. The third kappa shape index (κ3) is 3.53. The van der Waals surface area contributed by atoms with Crippen molar-refractivity contribution in [2.24, 2.45) is 5.92 Å². The highest BCUT2D eigenvalue weighted by molar-refractivity contribution is 7.05. The van der Waals surface area contributed by atoms with Gasteiger partial charge in [0.1, 0.15) is 0 Å². The number of carbonyl (C=O) groups excluding carboxylic acids is 1. The molecule has 5 nitrogen and oxygen atoms in total. The van der Waals surface area contributed by atoms with Crippen molar-refractivity contribution in [3.8, 4) is 0 Å². The van der Waals surface area contributed by atoms with Crippen molar-refractivity contribution in [1.82, 2.24) is 19.4 Å². The minimum absolute atomic E-state index is 0.126. The Morgan fingerprint density at radius 2 is 1.96 bits per heavy atom. The second-order valence-corrected chi connectivity index (χ2v) is 8.65. The van der Waals surface area contributed by atoms with E-state index >= 15 is 0 Å². The van der Waals surface area contributed by atoms with Gasteiger partial charge in [-0.2, -0.15) is 0 Å². The van der Waals surface area contributed by atoms with Gasteiger partial charge in [0, 0.05) is 32.2 Å². The molecule has 26 heavy (non-hydrogen) atoms. The SMILES string of the molecule is CC(C)c1nnsc1CN1C[C@@H]2CC[C@H](C1)N(Cc1ccccc1)C2=O. The van der Waals surface area contributed by atoms with Crippen LogP contribution in [0.5, 0.6) is 0 Å². The van der Waals surface area contributed by atoms with Gasteiger partial charge in [0.25, 0.3) is 0 Å². The van der Waals surface area contributed by atoms with E-state index in [1.165, 1.54) is 22.0 Å². The summed E-state index contributed by atoms with van der Waals surface area (Å²) in [6, 6.07) is 10.7. The van der Waals surface area contributed by atoms with E-state index in [0.29, 0.717) is 17.9 Å². The number of aromatic nitrogens is 2. The van der Waals surface area contributed by atoms with Crippen LogP contribution >= 0.6 is 11.5 Å². The van der Waals surface area contributed by atoms with Crippen LogP contribution in [0.3, 0.4) is 0 Å². The fourth-order valence-electron chi connectivity index (χ4n) is 4.21. The normalized spacial score (nSPS) is 23.7. The molecule has 3 aliphatic rings. The Hall–Kier alpha value is -1.79. The maximum atomic E-state index is 13.0. The molecule has 0 radical (unpaired) electrons. The van der Waals surface area contributed by atoms with Crippen molar-refractivity contribution in [1.29, 1.82) is 0 Å². The van der Waals surface area contributed by atoms with Crippen molar-refractivity contribution < 1.29 is 4.79 Å². The molecule has 0 spiro atoms. The summed E-state index contributed by atoms with van der Waals surface area (Å²) in [5.41, 5.74) is 2.33. The summed E-state index contributed by atoms with van der Waals surface area (Å²) in [6.07, 6.45) is 2.13. The molecule has 2 atom stereocenters. The van der Waals surface area contributed by atoms with Crippen LogP contribution in [0.4, 0.5) is 0 Å². The molecule has 2 aromatic rings. The van der Waals surface area contributed by atoms with Gasteiger partial charge in [-0.1, -0.05) is 48.7 Å². The Bertz CT molecular complexity index is 760. The van der Waals surface area contributed by atoms with Gasteiger partial charge in [-0.05, 0) is 35.9 Å². The predicted octanol–water partition coefficient (Wildman–Crippen LogP) is 3.28. The molecule has 1 aromatic heterocycles. The molecule has 3 saturated heterocycles. The molecular formula is C20H26N4OS. The summed E-state index contributed by atoms with van der Waals surface area (Å²) in [7, 11) is 0. The van der Waals surface area contributed by atoms with Gasteiger partial charge in [-0.15, -0.1) is 5.10 Å². The Kier molecular flexibility index (Phi) is 5.05. The van der Waals surface area contributed by atoms with Crippen LogP contribution in [0, 0.1) is 5.92 Å². The van der Waals surface area contributed by atoms with E-state index in [0.717, 1.165) is 44.7 Å². The Labute approximate surface area is 159 Å². The van der Waals surface area contributed by atoms with Gasteiger partial charge in [-0.25, -0.2) is 0 Å². The zero-order valence-corrected chi connectivity index (χ0v) is 16.3. The molecule has 0 aliphatic carbocycles. The zero-order chi connectivity index (χ0) is 18.1. The molecule has 2 bridgehead atoms. The highest BCUT2D eigenvalue weighted by Gasteiger charge is 2.40. The van der Waals surface area contributed by atoms with E-state index in [1.54, 1.807) is 0 Å². The Balaban J connectivity index is 1.50. The number of hydrogen-bond donors (Lipinski definition) is 0. The topological polar surface area (TPSA) is 49.3 Å². The minimum Gasteiger partial charge on any atom is -0.334 e. The van der Waals surface area contributed by atoms with Crippen LogP contribution in [0.15, 0.2) is 30.3 Å². The quantitative estimate of drug-likeness (QED) is 0.810. The first-order valence-electron chi connectivity index (χ1n) is 9.49. The number of fused-ring (bicyclic) bond motifs is 4. The average molecular weight is 371 g/mol. The molecule has 4 heterocycles. The molecule has 1 amide bonds. The van der Waals surface area contributed by atoms with Crippen LogP contribution in [0.2, 0.25) is 0 Å². The van der Waals surface area contributed by atoms with Gasteiger partial charge >= 0.3 is 0 Å². The molecule has 0 saturated carbocycles. The molecule has 5 rings (SSSR count). The first-order chi connectivity index (χ1) is 12.6. The molecule has 3 fully saturated rings. The molecule has 6 heteroatoms. The van der Waals surface area contributed by atoms with Gasteiger partial charge in [-0.3, -0.25) is 9.69 Å². The van der Waals surface area contributed by atoms with Crippen LogP contribution in [0.25, 0.3) is 0 Å². The molecule has 138 valence electrons. The number of rotatable bonds is 5. The monoisotopic (exact) mass is 370 g/mol. The number of amides is 1. The lowest BCUT2D eigenvalue weighted by Gasteiger charge is -2.36. The van der Waals surface area contributed by atoms with Crippen molar-refractivity contribution in [3.63, 3.8) is 0 Å². The highest BCUT2D eigenvalue weighted by atomic mass is 32.1. The van der Waals surface area contributed by atoms with Crippen LogP contribution < -0.4 is 0 Å². The lowest BCUT2D eigenvalue weighted by molar-refractivity contribution is -0.140. The molecule has 3 aliphatic heterocycles. The molecule has 0 unspecified atom stereocenters. The minimum atomic E-state index is 0.126. The number of carbonyl (C=O) groups is 1. The summed E-state index contributed by atoms with van der Waals surface area (Å²) >= 11 is 1.50. The summed E-state index contributed by atoms with van der Waals surface area (Å²) in [4.78, 5) is 18.8. The molecule has 0 N–H and O–H groups in total. The maximum absolute atomic E-state index is 13.0. The second kappa shape index (κ2) is 7.45. The van der Waals surface area contributed by atoms with Gasteiger partial charge in [0.15, 0.2) is 0 Å². The van der Waals surface area contributed by atoms with E-state index in [2.05, 4.69) is 45.4 Å². The van der Waals surface area contributed by atoms with Crippen LogP contribution in [-0.4, -0.2) is 44.4 Å². The third-order valence-electron chi connectivity index (χ3n) is 5.56. The van der Waals surface area contributed by atoms with Gasteiger partial charge in [0.2, 0.25) is 5.91 Å². The summed E-state index contributed by atoms with van der Waals surface area (Å²) in [5.74, 6) is 0.851. The molecule has 1 aromatic carbocycles. The highest BCUT2D eigenvalue weighted by Crippen LogP contribution is 2.32. The molecular weight excluding hydrogens is 344 g/mol. The lowest BCUT2D eigenvalue weighted by Crippen LogP contribution is -2.47. The van der Waals surface area contributed by atoms with Gasteiger partial charge in [0.05, 0.1) is 16.5 Å². The summed E-state index contributed by atoms with van der Waals surface area (Å²) < 4.78 is 4.16. The van der Waals surface area contributed by atoms with Crippen molar-refractivity contribution in [3.05, 3.63) is 46.5 Å². The predicted molar refractivity (Wildman–Crippen MR) is 103 cm³/mol. The average Bonchev–Trinajstić information content (AvgIpc) is 2.94. The summed E-state index contributed by atoms with van der Waals surface area (Å²) in [6.45, 7) is 7.73. The Morgan fingerprint density at radius 1 is 1.15 bits per heavy atom. The fourth-order valence-corrected chi connectivity index (χ4v) is 5.05. The van der Waals surface area contributed by atoms with E-state index in [1.807, 2.05) is 18.2 Å². The summed E-state index contributed by atoms with van der Waals surface area (Å²) in [5, 5.41) is 4.31. The first-order valence-corrected chi connectivity index (χ1v) is 10.3. The first kappa shape index (κ1) is 17.6. The largest absolute Gasteiger partial charge is 0.334 e. The van der Waals surface area contributed by atoms with E-state index in [-0.39, 0.29) is 5.92 Å². The number of hydrogen-bond acceptors (Lipinski definition) is 5. The van der Waals surface area contributed by atoms with E-state index in [9.17, 15) is 4.79 Å². The standard InChI is InChI=1S/C20H26N4OS/c1-14(2)19-18(26-22-21-19)13-23-11-16-8-9-17(12-23)24(20(16)25)10-15-6-4-3-5-7-15/h3-7,14,16-17H,8-13H2,1-2H3/t16-,17+/m0/s1. The fraction of sp³-hybridized carbons (Fsp3) is 0.550. The number of nitrogens with zero attached hydrogens (tertiary/aromatic N) is 4. The Morgan fingerprint density at radius 3 is 2.73 bits per heavy atom. The van der Waals surface area contributed by atoms with E-state index in [4.69, 9.17) is 0 Å². The third-order valence-corrected chi connectivity index (χ3v) is 6.29. The zero-order valence-electron chi connectivity index (χ0n) is 15.5. The lowest BCUT2D eigenvalue weighted by atomic mass is 9.93. The number of benzene rings is 1. The maximum Gasteiger partial charge on any atom is 0.227 e. The smallest absolute Gasteiger partial charge is 0.227 e. The second-order valence-electron chi connectivity index (χ2n) is 7.81. The van der Waals surface area contributed by atoms with Crippen molar-refractivity contribution >= 4 is 17.4 Å². The van der Waals surface area contributed by atoms with Crippen LogP contribution in [-0.2, 0) is 17.9 Å². The van der Waals surface area contributed by atoms with E-state index < -0.39 is 0 Å².